The van der Waals surface area contributed by atoms with Gasteiger partial charge in [-0.3, -0.25) is 9.78 Å². The van der Waals surface area contributed by atoms with Gasteiger partial charge in [-0.25, -0.2) is 4.68 Å². The number of carbonyl (C=O) groups excluding carboxylic acids is 1. The van der Waals surface area contributed by atoms with Crippen LogP contribution in [0.25, 0.3) is 5.69 Å². The van der Waals surface area contributed by atoms with E-state index in [0.29, 0.717) is 22.7 Å². The number of nitrogens with one attached hydrogen (secondary N) is 1. The fraction of sp³-hybridized carbons (Fsp3) is 0.192. The Morgan fingerprint density at radius 2 is 1.89 bits per heavy atom. The standard InChI is InChI=1S/C26H21F3N4O2/c27-26(28,29)18-5-3-8-21(13-18)33-24(17-10-11-17)23(15-31-33)25(34)32-19-7-4-9-22(14-19)35-16-20-6-1-2-12-30-20/h1-9,12-15,17H,10-11,16H2,(H,32,34). The second-order valence-electron chi connectivity index (χ2n) is 8.27. The van der Waals surface area contributed by atoms with Gasteiger partial charge in [0.15, 0.2) is 0 Å². The zero-order valence-corrected chi connectivity index (χ0v) is 18.5. The van der Waals surface area contributed by atoms with Crippen molar-refractivity contribution in [1.82, 2.24) is 14.8 Å². The summed E-state index contributed by atoms with van der Waals surface area (Å²) in [5.74, 6) is 0.253. The lowest BCUT2D eigenvalue weighted by atomic mass is 10.1. The summed E-state index contributed by atoms with van der Waals surface area (Å²) < 4.78 is 46.8. The van der Waals surface area contributed by atoms with E-state index in [1.54, 1.807) is 36.5 Å². The molecule has 1 fully saturated rings. The number of ether oxygens (including phenoxy) is 1. The molecule has 1 amide bonds. The molecule has 35 heavy (non-hydrogen) atoms. The lowest BCUT2D eigenvalue weighted by Crippen LogP contribution is -2.14. The number of hydrogen-bond donors (Lipinski definition) is 1. The third-order valence-corrected chi connectivity index (χ3v) is 5.64. The van der Waals surface area contributed by atoms with E-state index in [0.717, 1.165) is 30.7 Å². The topological polar surface area (TPSA) is 69.0 Å². The summed E-state index contributed by atoms with van der Waals surface area (Å²) in [6, 6.07) is 17.5. The van der Waals surface area contributed by atoms with Crippen molar-refractivity contribution in [1.29, 1.82) is 0 Å². The van der Waals surface area contributed by atoms with Crippen LogP contribution in [0.3, 0.4) is 0 Å². The van der Waals surface area contributed by atoms with E-state index < -0.39 is 11.7 Å². The number of pyridine rings is 1. The molecule has 0 unspecified atom stereocenters. The number of anilines is 1. The highest BCUT2D eigenvalue weighted by molar-refractivity contribution is 6.05. The van der Waals surface area contributed by atoms with Gasteiger partial charge >= 0.3 is 6.18 Å². The van der Waals surface area contributed by atoms with Crippen molar-refractivity contribution in [3.63, 3.8) is 0 Å². The molecule has 0 radical (unpaired) electrons. The summed E-state index contributed by atoms with van der Waals surface area (Å²) in [4.78, 5) is 17.3. The number of benzene rings is 2. The van der Waals surface area contributed by atoms with E-state index in [9.17, 15) is 18.0 Å². The summed E-state index contributed by atoms with van der Waals surface area (Å²) in [6.45, 7) is 0.286. The highest BCUT2D eigenvalue weighted by Crippen LogP contribution is 2.43. The van der Waals surface area contributed by atoms with Gasteiger partial charge in [-0.1, -0.05) is 18.2 Å². The van der Waals surface area contributed by atoms with E-state index in [1.165, 1.54) is 16.9 Å². The Kier molecular flexibility index (Phi) is 5.98. The zero-order chi connectivity index (χ0) is 24.4. The van der Waals surface area contributed by atoms with E-state index >= 15 is 0 Å². The molecule has 2 aromatic heterocycles. The van der Waals surface area contributed by atoms with Crippen molar-refractivity contribution in [2.45, 2.75) is 31.5 Å². The van der Waals surface area contributed by atoms with Crippen LogP contribution in [0.2, 0.25) is 0 Å². The molecule has 1 aliphatic rings. The molecule has 178 valence electrons. The van der Waals surface area contributed by atoms with Gasteiger partial charge in [0.1, 0.15) is 12.4 Å². The number of alkyl halides is 3. The van der Waals surface area contributed by atoms with Crippen LogP contribution in [0.1, 0.15) is 46.1 Å². The summed E-state index contributed by atoms with van der Waals surface area (Å²) in [7, 11) is 0. The first-order chi connectivity index (χ1) is 16.9. The molecule has 4 aromatic rings. The van der Waals surface area contributed by atoms with Crippen molar-refractivity contribution in [2.75, 3.05) is 5.32 Å². The minimum Gasteiger partial charge on any atom is -0.487 e. The predicted octanol–water partition coefficient (Wildman–Crippen LogP) is 5.99. The Bertz CT molecular complexity index is 1350. The first-order valence-corrected chi connectivity index (χ1v) is 11.1. The fourth-order valence-corrected chi connectivity index (χ4v) is 3.81. The van der Waals surface area contributed by atoms with Crippen LogP contribution in [0, 0.1) is 0 Å². The monoisotopic (exact) mass is 478 g/mol. The Morgan fingerprint density at radius 1 is 1.06 bits per heavy atom. The molecule has 6 nitrogen and oxygen atoms in total. The smallest absolute Gasteiger partial charge is 0.416 e. The van der Waals surface area contributed by atoms with Crippen molar-refractivity contribution in [2.24, 2.45) is 0 Å². The normalized spacial score (nSPS) is 13.5. The maximum atomic E-state index is 13.2. The fourth-order valence-electron chi connectivity index (χ4n) is 3.81. The SMILES string of the molecule is O=C(Nc1cccc(OCc2ccccn2)c1)c1cnn(-c2cccc(C(F)(F)F)c2)c1C1CC1. The van der Waals surface area contributed by atoms with Gasteiger partial charge in [0.25, 0.3) is 5.91 Å². The average Bonchev–Trinajstić information content (AvgIpc) is 3.60. The van der Waals surface area contributed by atoms with Crippen molar-refractivity contribution in [3.05, 3.63) is 102 Å². The van der Waals surface area contributed by atoms with E-state index in [4.69, 9.17) is 4.74 Å². The van der Waals surface area contributed by atoms with Crippen LogP contribution in [0.4, 0.5) is 18.9 Å². The highest BCUT2D eigenvalue weighted by atomic mass is 19.4. The van der Waals surface area contributed by atoms with Crippen LogP contribution in [0.15, 0.2) is 79.1 Å². The molecule has 0 bridgehead atoms. The van der Waals surface area contributed by atoms with Gasteiger partial charge in [0.2, 0.25) is 0 Å². The quantitative estimate of drug-likeness (QED) is 0.354. The van der Waals surface area contributed by atoms with Crippen molar-refractivity contribution < 1.29 is 22.7 Å². The highest BCUT2D eigenvalue weighted by Gasteiger charge is 2.34. The lowest BCUT2D eigenvalue weighted by molar-refractivity contribution is -0.137. The van der Waals surface area contributed by atoms with Gasteiger partial charge in [0.05, 0.1) is 34.4 Å². The van der Waals surface area contributed by atoms with Crippen LogP contribution in [0.5, 0.6) is 5.75 Å². The first-order valence-electron chi connectivity index (χ1n) is 11.1. The van der Waals surface area contributed by atoms with E-state index in [2.05, 4.69) is 15.4 Å². The zero-order valence-electron chi connectivity index (χ0n) is 18.5. The molecule has 1 saturated carbocycles. The van der Waals surface area contributed by atoms with Crippen LogP contribution in [-0.2, 0) is 12.8 Å². The Balaban J connectivity index is 1.36. The maximum Gasteiger partial charge on any atom is 0.416 e. The summed E-state index contributed by atoms with van der Waals surface area (Å²) in [5.41, 5.74) is 1.76. The molecule has 2 aromatic carbocycles. The molecule has 2 heterocycles. The van der Waals surface area contributed by atoms with Gasteiger partial charge < -0.3 is 10.1 Å². The van der Waals surface area contributed by atoms with Crippen LogP contribution < -0.4 is 10.1 Å². The lowest BCUT2D eigenvalue weighted by Gasteiger charge is -2.12. The maximum absolute atomic E-state index is 13.2. The number of hydrogen-bond acceptors (Lipinski definition) is 4. The minimum absolute atomic E-state index is 0.0702. The first kappa shape index (κ1) is 22.6. The second-order valence-corrected chi connectivity index (χ2v) is 8.27. The van der Waals surface area contributed by atoms with E-state index in [1.807, 2.05) is 18.2 Å². The Hall–Kier alpha value is -4.14. The van der Waals surface area contributed by atoms with Gasteiger partial charge in [-0.2, -0.15) is 18.3 Å². The number of amides is 1. The second kappa shape index (κ2) is 9.25. The van der Waals surface area contributed by atoms with Crippen molar-refractivity contribution in [3.8, 4) is 11.4 Å². The number of rotatable bonds is 7. The summed E-state index contributed by atoms with van der Waals surface area (Å²) in [5, 5.41) is 7.12. The van der Waals surface area contributed by atoms with Crippen LogP contribution in [-0.4, -0.2) is 20.7 Å². The predicted molar refractivity (Wildman–Crippen MR) is 124 cm³/mol. The number of carbonyl (C=O) groups is 1. The third kappa shape index (κ3) is 5.18. The molecular weight excluding hydrogens is 457 g/mol. The molecular formula is C26H21F3N4O2. The minimum atomic E-state index is -4.47. The molecule has 1 aliphatic carbocycles. The largest absolute Gasteiger partial charge is 0.487 e. The molecule has 0 spiro atoms. The number of halogens is 3. The van der Waals surface area contributed by atoms with E-state index in [-0.39, 0.29) is 24.1 Å². The van der Waals surface area contributed by atoms with Crippen LogP contribution >= 0.6 is 0 Å². The van der Waals surface area contributed by atoms with Gasteiger partial charge in [-0.05, 0) is 55.3 Å². The van der Waals surface area contributed by atoms with Crippen molar-refractivity contribution >= 4 is 11.6 Å². The molecule has 5 rings (SSSR count). The molecule has 0 aliphatic heterocycles. The van der Waals surface area contributed by atoms with Gasteiger partial charge in [-0.15, -0.1) is 0 Å². The molecule has 0 atom stereocenters. The van der Waals surface area contributed by atoms with Gasteiger partial charge in [0, 0.05) is 23.9 Å². The molecule has 0 saturated heterocycles. The molecule has 1 N–H and O–H groups in total. The number of aromatic nitrogens is 3. The Labute approximate surface area is 199 Å². The molecule has 9 heteroatoms. The summed E-state index contributed by atoms with van der Waals surface area (Å²) >= 11 is 0. The summed E-state index contributed by atoms with van der Waals surface area (Å²) in [6.07, 6.45) is 0.327. The third-order valence-electron chi connectivity index (χ3n) is 5.64. The number of nitrogens with zero attached hydrogens (tertiary/aromatic N) is 3. The Morgan fingerprint density at radius 3 is 2.63 bits per heavy atom. The average molecular weight is 478 g/mol.